The number of rotatable bonds is 3. The first-order valence-electron chi connectivity index (χ1n) is 7.98. The molecule has 0 aliphatic carbocycles. The van der Waals surface area contributed by atoms with Gasteiger partial charge < -0.3 is 4.74 Å². The van der Waals surface area contributed by atoms with Gasteiger partial charge in [0.25, 0.3) is 5.56 Å². The van der Waals surface area contributed by atoms with Crippen LogP contribution in [0, 0.1) is 11.3 Å². The lowest BCUT2D eigenvalue weighted by Crippen LogP contribution is -2.15. The van der Waals surface area contributed by atoms with Crippen molar-refractivity contribution in [3.05, 3.63) is 52.8 Å². The molecule has 0 fully saturated rings. The van der Waals surface area contributed by atoms with E-state index in [1.807, 2.05) is 37.3 Å². The summed E-state index contributed by atoms with van der Waals surface area (Å²) in [5.41, 5.74) is 1.92. The maximum atomic E-state index is 12.5. The van der Waals surface area contributed by atoms with Crippen molar-refractivity contribution in [1.29, 1.82) is 5.26 Å². The second kappa shape index (κ2) is 5.97. The number of nitrogens with zero attached hydrogens (tertiary/aromatic N) is 6. The van der Waals surface area contributed by atoms with Gasteiger partial charge in [-0.25, -0.2) is 15.0 Å². The number of hydrogen-bond acceptors (Lipinski definition) is 6. The molecule has 4 rings (SSSR count). The quantitative estimate of drug-likeness (QED) is 0.562. The third-order valence-corrected chi connectivity index (χ3v) is 4.31. The minimum Gasteiger partial charge on any atom is -0.497 e. The largest absolute Gasteiger partial charge is 0.497 e. The number of aromatic nitrogens is 5. The maximum absolute atomic E-state index is 12.5. The number of fused-ring (bicyclic) bond motifs is 3. The Balaban J connectivity index is 2.04. The summed E-state index contributed by atoms with van der Waals surface area (Å²) in [6.45, 7) is 2.24. The Morgan fingerprint density at radius 3 is 2.62 bits per heavy atom. The van der Waals surface area contributed by atoms with Crippen molar-refractivity contribution < 1.29 is 4.74 Å². The van der Waals surface area contributed by atoms with Gasteiger partial charge in [-0.2, -0.15) is 5.26 Å². The fraction of sp³-hybridized carbons (Fsp3) is 0.167. The maximum Gasteiger partial charge on any atom is 0.270 e. The molecule has 0 bridgehead atoms. The summed E-state index contributed by atoms with van der Waals surface area (Å²) in [6, 6.07) is 9.42. The molecule has 3 heterocycles. The number of imidazole rings is 1. The zero-order valence-electron chi connectivity index (χ0n) is 14.2. The molecule has 0 saturated heterocycles. The molecular formula is C18H14N6O2. The molecule has 2 aliphatic rings. The van der Waals surface area contributed by atoms with E-state index in [1.54, 1.807) is 18.0 Å². The zero-order valence-corrected chi connectivity index (χ0v) is 14.2. The number of ether oxygens (including phenoxy) is 1. The van der Waals surface area contributed by atoms with Crippen LogP contribution in [-0.2, 0) is 6.54 Å². The van der Waals surface area contributed by atoms with Gasteiger partial charge in [-0.1, -0.05) is 0 Å². The first-order chi connectivity index (χ1) is 12.7. The van der Waals surface area contributed by atoms with Gasteiger partial charge in [-0.05, 0) is 31.2 Å². The van der Waals surface area contributed by atoms with Crippen molar-refractivity contribution >= 4 is 11.2 Å². The zero-order chi connectivity index (χ0) is 18.3. The van der Waals surface area contributed by atoms with Crippen LogP contribution in [0.5, 0.6) is 5.75 Å². The monoisotopic (exact) mass is 346 g/mol. The molecule has 128 valence electrons. The summed E-state index contributed by atoms with van der Waals surface area (Å²) in [6.07, 6.45) is 3.01. The first kappa shape index (κ1) is 15.8. The second-order valence-electron chi connectivity index (χ2n) is 5.59. The van der Waals surface area contributed by atoms with Gasteiger partial charge in [0, 0.05) is 12.2 Å². The van der Waals surface area contributed by atoms with E-state index in [9.17, 15) is 10.1 Å². The van der Waals surface area contributed by atoms with Crippen LogP contribution in [-0.4, -0.2) is 31.2 Å². The highest BCUT2D eigenvalue weighted by atomic mass is 16.5. The van der Waals surface area contributed by atoms with Crippen LogP contribution in [0.3, 0.4) is 0 Å². The standard InChI is InChI=1S/C18H14N6O2/c1-3-23-16-14(13(8-19)18(23)25)15-17(21-9-20-16)24(10-22-15)11-4-6-12(26-2)7-5-11/h4-7,9-10H,3H2,1-2H3. The third kappa shape index (κ3) is 2.14. The molecule has 0 atom stereocenters. The molecule has 0 N–H and O–H groups in total. The minimum absolute atomic E-state index is 0.0392. The Kier molecular flexibility index (Phi) is 3.62. The molecule has 1 aromatic heterocycles. The summed E-state index contributed by atoms with van der Waals surface area (Å²) in [4.78, 5) is 25.6. The van der Waals surface area contributed by atoms with Crippen molar-refractivity contribution in [3.63, 3.8) is 0 Å². The van der Waals surface area contributed by atoms with Crippen LogP contribution in [0.15, 0.2) is 41.7 Å². The fourth-order valence-corrected chi connectivity index (χ4v) is 3.05. The summed E-state index contributed by atoms with van der Waals surface area (Å²) in [5, 5.41) is 9.49. The topological polar surface area (TPSA) is 98.6 Å². The van der Waals surface area contributed by atoms with Crippen molar-refractivity contribution in [3.8, 4) is 28.9 Å². The molecule has 1 aromatic carbocycles. The van der Waals surface area contributed by atoms with E-state index < -0.39 is 0 Å². The highest BCUT2D eigenvalue weighted by Gasteiger charge is 2.25. The van der Waals surface area contributed by atoms with E-state index in [4.69, 9.17) is 4.74 Å². The van der Waals surface area contributed by atoms with E-state index in [0.29, 0.717) is 29.1 Å². The predicted molar refractivity (Wildman–Crippen MR) is 94.5 cm³/mol. The Labute approximate surface area is 148 Å². The Morgan fingerprint density at radius 1 is 1.19 bits per heavy atom. The summed E-state index contributed by atoms with van der Waals surface area (Å²) in [5.74, 6) is 1.15. The molecule has 2 aliphatic heterocycles. The van der Waals surface area contributed by atoms with Crippen molar-refractivity contribution in [2.75, 3.05) is 7.11 Å². The summed E-state index contributed by atoms with van der Waals surface area (Å²) < 4.78 is 8.42. The average Bonchev–Trinajstić information content (AvgIpc) is 3.14. The highest BCUT2D eigenvalue weighted by Crippen LogP contribution is 2.29. The molecule has 0 amide bonds. The van der Waals surface area contributed by atoms with Gasteiger partial charge in [0.2, 0.25) is 0 Å². The summed E-state index contributed by atoms with van der Waals surface area (Å²) >= 11 is 0. The van der Waals surface area contributed by atoms with Gasteiger partial charge >= 0.3 is 0 Å². The first-order valence-corrected chi connectivity index (χ1v) is 7.98. The van der Waals surface area contributed by atoms with Gasteiger partial charge in [0.05, 0.1) is 12.7 Å². The summed E-state index contributed by atoms with van der Waals surface area (Å²) in [7, 11) is 1.61. The molecule has 2 aromatic rings. The Hall–Kier alpha value is -3.73. The molecule has 0 spiro atoms. The van der Waals surface area contributed by atoms with Crippen molar-refractivity contribution in [2.45, 2.75) is 13.5 Å². The molecule has 0 radical (unpaired) electrons. The van der Waals surface area contributed by atoms with Gasteiger partial charge in [-0.15, -0.1) is 0 Å². The van der Waals surface area contributed by atoms with Gasteiger partial charge in [0.1, 0.15) is 41.4 Å². The molecule has 0 saturated carbocycles. The van der Waals surface area contributed by atoms with Gasteiger partial charge in [-0.3, -0.25) is 13.9 Å². The Morgan fingerprint density at radius 2 is 1.96 bits per heavy atom. The Bertz CT molecular complexity index is 1180. The second-order valence-corrected chi connectivity index (χ2v) is 5.59. The average molecular weight is 346 g/mol. The van der Waals surface area contributed by atoms with Crippen LogP contribution < -0.4 is 10.3 Å². The smallest absolute Gasteiger partial charge is 0.270 e. The molecule has 26 heavy (non-hydrogen) atoms. The van der Waals surface area contributed by atoms with E-state index in [0.717, 1.165) is 11.4 Å². The van der Waals surface area contributed by atoms with Crippen LogP contribution in [0.2, 0.25) is 0 Å². The normalized spacial score (nSPS) is 11.0. The third-order valence-electron chi connectivity index (χ3n) is 4.31. The number of hydrogen-bond donors (Lipinski definition) is 0. The van der Waals surface area contributed by atoms with Crippen LogP contribution in [0.1, 0.15) is 12.5 Å². The van der Waals surface area contributed by atoms with E-state index in [-0.39, 0.29) is 11.1 Å². The molecule has 8 heteroatoms. The SMILES string of the molecule is CCn1c2ncnc3c(ncn3-c3ccc(OC)cc3)c-2c(C#N)c1=O. The van der Waals surface area contributed by atoms with Crippen molar-refractivity contribution in [2.24, 2.45) is 0 Å². The van der Waals surface area contributed by atoms with Crippen LogP contribution >= 0.6 is 0 Å². The molecule has 8 nitrogen and oxygen atoms in total. The molecule has 0 unspecified atom stereocenters. The number of methoxy groups -OCH3 is 1. The highest BCUT2D eigenvalue weighted by molar-refractivity contribution is 5.91. The van der Waals surface area contributed by atoms with E-state index >= 15 is 0 Å². The lowest BCUT2D eigenvalue weighted by atomic mass is 10.1. The lowest BCUT2D eigenvalue weighted by Gasteiger charge is -2.04. The number of nitriles is 1. The van der Waals surface area contributed by atoms with Crippen molar-refractivity contribution in [1.82, 2.24) is 24.1 Å². The van der Waals surface area contributed by atoms with Gasteiger partial charge in [0.15, 0.2) is 5.65 Å². The molecular weight excluding hydrogens is 332 g/mol. The lowest BCUT2D eigenvalue weighted by molar-refractivity contribution is 0.415. The van der Waals surface area contributed by atoms with Crippen LogP contribution in [0.25, 0.3) is 28.2 Å². The van der Waals surface area contributed by atoms with Crippen LogP contribution in [0.4, 0.5) is 0 Å². The minimum atomic E-state index is -0.357. The van der Waals surface area contributed by atoms with E-state index in [2.05, 4.69) is 15.0 Å². The fourth-order valence-electron chi connectivity index (χ4n) is 3.05. The van der Waals surface area contributed by atoms with E-state index in [1.165, 1.54) is 10.9 Å². The predicted octanol–water partition coefficient (Wildman–Crippen LogP) is 1.98. The number of benzene rings is 1.